The van der Waals surface area contributed by atoms with E-state index in [9.17, 15) is 0 Å². The molecule has 1 aromatic rings. The second kappa shape index (κ2) is 4.34. The van der Waals surface area contributed by atoms with E-state index < -0.39 is 0 Å². The van der Waals surface area contributed by atoms with Crippen molar-refractivity contribution in [2.75, 3.05) is 12.0 Å². The molecule has 0 saturated heterocycles. The first-order valence-corrected chi connectivity index (χ1v) is 3.75. The predicted octanol–water partition coefficient (Wildman–Crippen LogP) is 2.40. The highest BCUT2D eigenvalue weighted by atomic mass is 15.0. The lowest BCUT2D eigenvalue weighted by molar-refractivity contribution is 1.16. The van der Waals surface area contributed by atoms with Crippen LogP contribution in [0.4, 0.5) is 5.69 Å². The molecule has 0 bridgehead atoms. The Kier molecular flexibility index (Phi) is 3.08. The third-order valence-electron chi connectivity index (χ3n) is 1.52. The van der Waals surface area contributed by atoms with E-state index in [0.29, 0.717) is 6.67 Å². The summed E-state index contributed by atoms with van der Waals surface area (Å²) in [6.45, 7) is 7.62. The Bertz CT molecular complexity index is 279. The first-order chi connectivity index (χ1) is 5.86. The minimum atomic E-state index is 0.542. The number of anilines is 1. The SMILES string of the molecule is C=Cc1cccc(NCN=C)c1. The van der Waals surface area contributed by atoms with Gasteiger partial charge in [0.15, 0.2) is 0 Å². The molecule has 0 atom stereocenters. The summed E-state index contributed by atoms with van der Waals surface area (Å²) < 4.78 is 0. The summed E-state index contributed by atoms with van der Waals surface area (Å²) in [5, 5.41) is 3.09. The minimum Gasteiger partial charge on any atom is -0.366 e. The second-order valence-electron chi connectivity index (χ2n) is 2.39. The lowest BCUT2D eigenvalue weighted by Gasteiger charge is -2.02. The summed E-state index contributed by atoms with van der Waals surface area (Å²) in [5.74, 6) is 0. The van der Waals surface area contributed by atoms with Crippen molar-refractivity contribution in [1.29, 1.82) is 0 Å². The fourth-order valence-electron chi connectivity index (χ4n) is 0.923. The van der Waals surface area contributed by atoms with Crippen LogP contribution in [0.25, 0.3) is 6.08 Å². The topological polar surface area (TPSA) is 24.4 Å². The first-order valence-electron chi connectivity index (χ1n) is 3.75. The highest BCUT2D eigenvalue weighted by molar-refractivity contribution is 5.56. The van der Waals surface area contributed by atoms with Crippen molar-refractivity contribution < 1.29 is 0 Å². The number of benzene rings is 1. The van der Waals surface area contributed by atoms with Crippen LogP contribution in [0.1, 0.15) is 5.56 Å². The van der Waals surface area contributed by atoms with Crippen LogP contribution in [0.3, 0.4) is 0 Å². The van der Waals surface area contributed by atoms with Crippen molar-refractivity contribution in [3.05, 3.63) is 36.4 Å². The Balaban J connectivity index is 2.72. The normalized spacial score (nSPS) is 9.00. The fraction of sp³-hybridized carbons (Fsp3) is 0.100. The Labute approximate surface area is 72.6 Å². The van der Waals surface area contributed by atoms with Gasteiger partial charge in [-0.05, 0) is 24.4 Å². The third-order valence-corrected chi connectivity index (χ3v) is 1.52. The molecule has 1 aromatic carbocycles. The number of aliphatic imine (C=N–C) groups is 1. The van der Waals surface area contributed by atoms with Crippen molar-refractivity contribution in [3.8, 4) is 0 Å². The van der Waals surface area contributed by atoms with E-state index in [1.165, 1.54) is 0 Å². The molecular weight excluding hydrogens is 148 g/mol. The lowest BCUT2D eigenvalue weighted by atomic mass is 10.2. The predicted molar refractivity (Wildman–Crippen MR) is 54.6 cm³/mol. The summed E-state index contributed by atoms with van der Waals surface area (Å²) in [5.41, 5.74) is 2.14. The van der Waals surface area contributed by atoms with Gasteiger partial charge in [0.2, 0.25) is 0 Å². The van der Waals surface area contributed by atoms with Gasteiger partial charge in [-0.25, -0.2) is 0 Å². The van der Waals surface area contributed by atoms with Crippen molar-refractivity contribution in [3.63, 3.8) is 0 Å². The first kappa shape index (κ1) is 8.53. The zero-order chi connectivity index (χ0) is 8.81. The summed E-state index contributed by atoms with van der Waals surface area (Å²) in [6, 6.07) is 7.97. The number of nitrogens with zero attached hydrogens (tertiary/aromatic N) is 1. The van der Waals surface area contributed by atoms with Crippen LogP contribution in [-0.2, 0) is 0 Å². The maximum Gasteiger partial charge on any atom is 0.107 e. The maximum absolute atomic E-state index is 3.70. The number of rotatable bonds is 4. The average molecular weight is 160 g/mol. The van der Waals surface area contributed by atoms with Crippen LogP contribution in [0.2, 0.25) is 0 Å². The lowest BCUT2D eigenvalue weighted by Crippen LogP contribution is -1.97. The summed E-state index contributed by atoms with van der Waals surface area (Å²) in [6.07, 6.45) is 1.81. The van der Waals surface area contributed by atoms with Gasteiger partial charge >= 0.3 is 0 Å². The van der Waals surface area contributed by atoms with Gasteiger partial charge in [-0.15, -0.1) is 0 Å². The Morgan fingerprint density at radius 3 is 3.00 bits per heavy atom. The highest BCUT2D eigenvalue weighted by Gasteiger charge is 1.89. The molecule has 0 spiro atoms. The molecule has 2 nitrogen and oxygen atoms in total. The molecule has 2 heteroatoms. The molecule has 0 heterocycles. The molecule has 1 N–H and O–H groups in total. The highest BCUT2D eigenvalue weighted by Crippen LogP contribution is 2.10. The van der Waals surface area contributed by atoms with E-state index in [0.717, 1.165) is 11.3 Å². The largest absolute Gasteiger partial charge is 0.366 e. The van der Waals surface area contributed by atoms with E-state index in [1.54, 1.807) is 0 Å². The standard InChI is InChI=1S/C10H12N2/c1-3-9-5-4-6-10(7-9)12-8-11-2/h3-7,12H,1-2,8H2. The fourth-order valence-corrected chi connectivity index (χ4v) is 0.923. The molecule has 62 valence electrons. The molecule has 0 saturated carbocycles. The van der Waals surface area contributed by atoms with Gasteiger partial charge in [0.25, 0.3) is 0 Å². The quantitative estimate of drug-likeness (QED) is 0.672. The van der Waals surface area contributed by atoms with E-state index in [4.69, 9.17) is 0 Å². The molecule has 0 aliphatic heterocycles. The van der Waals surface area contributed by atoms with E-state index in [1.807, 2.05) is 30.3 Å². The van der Waals surface area contributed by atoms with E-state index in [-0.39, 0.29) is 0 Å². The molecule has 0 aliphatic carbocycles. The van der Waals surface area contributed by atoms with Gasteiger partial charge in [0.1, 0.15) is 6.67 Å². The van der Waals surface area contributed by atoms with Gasteiger partial charge in [0.05, 0.1) is 0 Å². The maximum atomic E-state index is 3.70. The molecule has 0 fully saturated rings. The van der Waals surface area contributed by atoms with Crippen molar-refractivity contribution in [2.24, 2.45) is 4.99 Å². The van der Waals surface area contributed by atoms with Gasteiger partial charge in [-0.2, -0.15) is 0 Å². The molecule has 0 radical (unpaired) electrons. The van der Waals surface area contributed by atoms with Crippen molar-refractivity contribution >= 4 is 18.5 Å². The van der Waals surface area contributed by atoms with Crippen LogP contribution in [-0.4, -0.2) is 13.4 Å². The molecular formula is C10H12N2. The number of hydrogen-bond acceptors (Lipinski definition) is 2. The Hall–Kier alpha value is -1.57. The van der Waals surface area contributed by atoms with E-state index in [2.05, 4.69) is 23.6 Å². The van der Waals surface area contributed by atoms with Crippen LogP contribution in [0.15, 0.2) is 35.8 Å². The zero-order valence-electron chi connectivity index (χ0n) is 6.96. The molecule has 0 aromatic heterocycles. The van der Waals surface area contributed by atoms with Gasteiger partial charge in [0, 0.05) is 5.69 Å². The van der Waals surface area contributed by atoms with Crippen LogP contribution in [0, 0.1) is 0 Å². The van der Waals surface area contributed by atoms with Crippen molar-refractivity contribution in [1.82, 2.24) is 0 Å². The monoisotopic (exact) mass is 160 g/mol. The third kappa shape index (κ3) is 2.23. The summed E-state index contributed by atoms with van der Waals surface area (Å²) >= 11 is 0. The van der Waals surface area contributed by atoms with Gasteiger partial charge in [-0.1, -0.05) is 24.8 Å². The summed E-state index contributed by atoms with van der Waals surface area (Å²) in [4.78, 5) is 3.70. The number of hydrogen-bond donors (Lipinski definition) is 1. The van der Waals surface area contributed by atoms with Crippen molar-refractivity contribution in [2.45, 2.75) is 0 Å². The molecule has 0 aliphatic rings. The molecule has 0 unspecified atom stereocenters. The van der Waals surface area contributed by atoms with Crippen LogP contribution in [0.5, 0.6) is 0 Å². The minimum absolute atomic E-state index is 0.542. The van der Waals surface area contributed by atoms with Crippen LogP contribution >= 0.6 is 0 Å². The molecule has 0 amide bonds. The van der Waals surface area contributed by atoms with Gasteiger partial charge < -0.3 is 5.32 Å². The van der Waals surface area contributed by atoms with Crippen LogP contribution < -0.4 is 5.32 Å². The average Bonchev–Trinajstić information content (AvgIpc) is 2.15. The molecule has 12 heavy (non-hydrogen) atoms. The zero-order valence-corrected chi connectivity index (χ0v) is 6.96. The Morgan fingerprint density at radius 2 is 2.33 bits per heavy atom. The Morgan fingerprint density at radius 1 is 1.50 bits per heavy atom. The summed E-state index contributed by atoms with van der Waals surface area (Å²) in [7, 11) is 0. The second-order valence-corrected chi connectivity index (χ2v) is 2.39. The van der Waals surface area contributed by atoms with Gasteiger partial charge in [-0.3, -0.25) is 4.99 Å². The number of nitrogens with one attached hydrogen (secondary N) is 1. The van der Waals surface area contributed by atoms with E-state index >= 15 is 0 Å². The smallest absolute Gasteiger partial charge is 0.107 e. The molecule has 1 rings (SSSR count).